The standard InChI is InChI=1S/C29H45N5O7/c1-3-7-27(37)34(24-36)41-29(40)26-10-8-25(9-11-26)22-32-14-6-13-31(20-21-35)17-19-33(23-28(38)39)15-5-12-30(4-2)16-18-32/h8-11,21,24H,3-7,12-20,22-23H2,1-2H3,(H,38,39). The summed E-state index contributed by atoms with van der Waals surface area (Å²) in [7, 11) is 0. The minimum absolute atomic E-state index is 0.00231. The van der Waals surface area contributed by atoms with E-state index in [0.717, 1.165) is 64.0 Å². The zero-order valence-corrected chi connectivity index (χ0v) is 24.4. The highest BCUT2D eigenvalue weighted by molar-refractivity contribution is 5.92. The first-order valence-electron chi connectivity index (χ1n) is 14.4. The second-order valence-corrected chi connectivity index (χ2v) is 10.2. The molecule has 1 N–H and O–H groups in total. The predicted molar refractivity (Wildman–Crippen MR) is 153 cm³/mol. The molecule has 0 aliphatic carbocycles. The first-order valence-corrected chi connectivity index (χ1v) is 14.4. The van der Waals surface area contributed by atoms with Gasteiger partial charge in [0.25, 0.3) is 12.3 Å². The molecule has 0 atom stereocenters. The SMILES string of the molecule is CCCC(=O)N(C=O)OC(=O)c1ccc(CN2CCCN(CC=O)CCN(CC(=O)O)CCCN(CC)CC2)cc1. The van der Waals surface area contributed by atoms with Gasteiger partial charge >= 0.3 is 11.9 Å². The molecule has 1 aromatic carbocycles. The second-order valence-electron chi connectivity index (χ2n) is 10.2. The summed E-state index contributed by atoms with van der Waals surface area (Å²) in [6.45, 7) is 11.8. The van der Waals surface area contributed by atoms with Crippen molar-refractivity contribution in [2.45, 2.75) is 46.1 Å². The van der Waals surface area contributed by atoms with Gasteiger partial charge in [-0.25, -0.2) is 4.79 Å². The van der Waals surface area contributed by atoms with E-state index in [1.54, 1.807) is 19.1 Å². The molecular formula is C29H45N5O7. The number of hydrogen-bond donors (Lipinski definition) is 1. The molecule has 0 bridgehead atoms. The molecule has 1 aromatic rings. The van der Waals surface area contributed by atoms with Crippen LogP contribution in [0.3, 0.4) is 0 Å². The van der Waals surface area contributed by atoms with E-state index in [2.05, 4.69) is 21.6 Å². The van der Waals surface area contributed by atoms with Gasteiger partial charge in [-0.1, -0.05) is 26.0 Å². The molecule has 0 aromatic heterocycles. The smallest absolute Gasteiger partial charge is 0.363 e. The highest BCUT2D eigenvalue weighted by atomic mass is 16.7. The van der Waals surface area contributed by atoms with Gasteiger partial charge in [-0.2, -0.15) is 0 Å². The zero-order chi connectivity index (χ0) is 30.0. The van der Waals surface area contributed by atoms with Gasteiger partial charge in [0, 0.05) is 45.7 Å². The molecule has 1 saturated heterocycles. The van der Waals surface area contributed by atoms with E-state index in [9.17, 15) is 29.1 Å². The maximum absolute atomic E-state index is 12.5. The molecule has 0 spiro atoms. The van der Waals surface area contributed by atoms with Crippen LogP contribution in [0.15, 0.2) is 24.3 Å². The normalized spacial score (nSPS) is 17.3. The summed E-state index contributed by atoms with van der Waals surface area (Å²) in [5.41, 5.74) is 1.25. The van der Waals surface area contributed by atoms with Crippen molar-refractivity contribution in [1.82, 2.24) is 24.7 Å². The number of carbonyl (C=O) groups is 5. The Morgan fingerprint density at radius 2 is 1.44 bits per heavy atom. The van der Waals surface area contributed by atoms with Gasteiger partial charge in [0.1, 0.15) is 6.29 Å². The van der Waals surface area contributed by atoms with Crippen LogP contribution in [-0.2, 0) is 30.6 Å². The Morgan fingerprint density at radius 1 is 0.854 bits per heavy atom. The van der Waals surface area contributed by atoms with Crippen LogP contribution in [0.4, 0.5) is 0 Å². The predicted octanol–water partition coefficient (Wildman–Crippen LogP) is 1.35. The van der Waals surface area contributed by atoms with Crippen molar-refractivity contribution >= 4 is 30.5 Å². The monoisotopic (exact) mass is 575 g/mol. The van der Waals surface area contributed by atoms with E-state index < -0.39 is 17.8 Å². The van der Waals surface area contributed by atoms with Gasteiger partial charge < -0.3 is 19.6 Å². The number of carboxylic acids is 1. The molecule has 1 heterocycles. The van der Waals surface area contributed by atoms with Gasteiger partial charge in [-0.05, 0) is 63.1 Å². The summed E-state index contributed by atoms with van der Waals surface area (Å²) in [5.74, 6) is -2.19. The Bertz CT molecular complexity index is 975. The van der Waals surface area contributed by atoms with E-state index in [4.69, 9.17) is 4.84 Å². The number of carboxylic acid groups (broad SMARTS) is 1. The van der Waals surface area contributed by atoms with E-state index >= 15 is 0 Å². The molecule has 2 amide bonds. The average molecular weight is 576 g/mol. The number of aldehydes is 1. The Balaban J connectivity index is 2.05. The lowest BCUT2D eigenvalue weighted by Gasteiger charge is -2.31. The number of hydrogen-bond acceptors (Lipinski definition) is 10. The Morgan fingerprint density at radius 3 is 2.05 bits per heavy atom. The summed E-state index contributed by atoms with van der Waals surface area (Å²) in [5, 5.41) is 9.74. The zero-order valence-electron chi connectivity index (χ0n) is 24.4. The number of aliphatic carboxylic acids is 1. The second kappa shape index (κ2) is 19.0. The highest BCUT2D eigenvalue weighted by Crippen LogP contribution is 2.12. The lowest BCUT2D eigenvalue weighted by atomic mass is 10.1. The minimum Gasteiger partial charge on any atom is -0.480 e. The molecule has 12 nitrogen and oxygen atoms in total. The van der Waals surface area contributed by atoms with Gasteiger partial charge in [0.15, 0.2) is 0 Å². The summed E-state index contributed by atoms with van der Waals surface area (Å²) >= 11 is 0. The van der Waals surface area contributed by atoms with Crippen LogP contribution in [-0.4, -0.2) is 132 Å². The molecule has 228 valence electrons. The van der Waals surface area contributed by atoms with Crippen LogP contribution in [0, 0.1) is 0 Å². The van der Waals surface area contributed by atoms with E-state index in [-0.39, 0.29) is 24.9 Å². The lowest BCUT2D eigenvalue weighted by molar-refractivity contribution is -0.171. The van der Waals surface area contributed by atoms with Crippen molar-refractivity contribution in [3.63, 3.8) is 0 Å². The first kappa shape index (κ1) is 34.0. The molecule has 1 aliphatic rings. The molecule has 2 rings (SSSR count). The van der Waals surface area contributed by atoms with Gasteiger partial charge in [-0.3, -0.25) is 29.1 Å². The molecule has 12 heteroatoms. The number of amides is 2. The molecule has 0 unspecified atom stereocenters. The fraction of sp³-hybridized carbons (Fsp3) is 0.621. The molecule has 1 fully saturated rings. The topological polar surface area (TPSA) is 131 Å². The van der Waals surface area contributed by atoms with Crippen LogP contribution in [0.25, 0.3) is 0 Å². The number of nitrogens with zero attached hydrogens (tertiary/aromatic N) is 5. The van der Waals surface area contributed by atoms with E-state index in [1.165, 1.54) is 0 Å². The van der Waals surface area contributed by atoms with Gasteiger partial charge in [0.2, 0.25) is 0 Å². The number of benzene rings is 1. The van der Waals surface area contributed by atoms with Crippen molar-refractivity contribution < 1.29 is 33.9 Å². The van der Waals surface area contributed by atoms with Crippen LogP contribution in [0.2, 0.25) is 0 Å². The minimum atomic E-state index is -0.842. The Hall–Kier alpha value is -3.19. The number of hydroxylamine groups is 2. The third-order valence-corrected chi connectivity index (χ3v) is 7.08. The van der Waals surface area contributed by atoms with Crippen LogP contribution in [0.1, 0.15) is 55.5 Å². The summed E-state index contributed by atoms with van der Waals surface area (Å²) < 4.78 is 0. The third kappa shape index (κ3) is 12.9. The highest BCUT2D eigenvalue weighted by Gasteiger charge is 2.19. The Labute approximate surface area is 242 Å². The van der Waals surface area contributed by atoms with Crippen LogP contribution in [0.5, 0.6) is 0 Å². The number of imide groups is 1. The van der Waals surface area contributed by atoms with Crippen molar-refractivity contribution in [2.24, 2.45) is 0 Å². The maximum Gasteiger partial charge on any atom is 0.363 e. The number of carbonyl (C=O) groups excluding carboxylic acids is 4. The summed E-state index contributed by atoms with van der Waals surface area (Å²) in [4.78, 5) is 71.8. The largest absolute Gasteiger partial charge is 0.480 e. The molecular weight excluding hydrogens is 530 g/mol. The van der Waals surface area contributed by atoms with E-state index in [0.29, 0.717) is 44.2 Å². The first-order chi connectivity index (χ1) is 19.8. The summed E-state index contributed by atoms with van der Waals surface area (Å²) in [6, 6.07) is 6.94. The van der Waals surface area contributed by atoms with Gasteiger partial charge in [0.05, 0.1) is 18.7 Å². The van der Waals surface area contributed by atoms with Crippen molar-refractivity contribution in [3.8, 4) is 0 Å². The van der Waals surface area contributed by atoms with Crippen molar-refractivity contribution in [2.75, 3.05) is 72.0 Å². The Kier molecular flexibility index (Phi) is 15.8. The van der Waals surface area contributed by atoms with E-state index in [1.807, 2.05) is 17.0 Å². The molecule has 0 radical (unpaired) electrons. The third-order valence-electron chi connectivity index (χ3n) is 7.08. The molecule has 0 saturated carbocycles. The summed E-state index contributed by atoms with van der Waals surface area (Å²) in [6.07, 6.45) is 3.43. The van der Waals surface area contributed by atoms with Crippen molar-refractivity contribution in [1.29, 1.82) is 0 Å². The van der Waals surface area contributed by atoms with Crippen molar-refractivity contribution in [3.05, 3.63) is 35.4 Å². The van der Waals surface area contributed by atoms with Crippen LogP contribution >= 0.6 is 0 Å². The van der Waals surface area contributed by atoms with Gasteiger partial charge in [-0.15, -0.1) is 5.06 Å². The molecule has 1 aliphatic heterocycles. The fourth-order valence-electron chi connectivity index (χ4n) is 4.76. The maximum atomic E-state index is 12.5. The fourth-order valence-corrected chi connectivity index (χ4v) is 4.76. The lowest BCUT2D eigenvalue weighted by Crippen LogP contribution is -2.42. The number of rotatable bonds is 11. The average Bonchev–Trinajstić information content (AvgIpc) is 2.95. The number of likely N-dealkylation sites (N-methyl/N-ethyl adjacent to an activating group) is 1. The quantitative estimate of drug-likeness (QED) is 0.303. The van der Waals surface area contributed by atoms with Crippen LogP contribution < -0.4 is 0 Å². The molecule has 41 heavy (non-hydrogen) atoms.